The number of nitrogens with two attached hydrogens (primary N) is 1. The predicted molar refractivity (Wildman–Crippen MR) is 103 cm³/mol. The van der Waals surface area contributed by atoms with Gasteiger partial charge in [-0.05, 0) is 41.5 Å². The number of nitrogens with zero attached hydrogens (tertiary/aromatic N) is 2. The summed E-state index contributed by atoms with van der Waals surface area (Å²) in [5, 5.41) is 12.0. The Labute approximate surface area is 149 Å². The number of hydrogen-bond donors (Lipinski definition) is 3. The van der Waals surface area contributed by atoms with Crippen molar-refractivity contribution >= 4 is 34.0 Å². The number of pyridine rings is 1. The van der Waals surface area contributed by atoms with E-state index in [1.165, 1.54) is 0 Å². The second-order valence-corrected chi connectivity index (χ2v) is 6.25. The van der Waals surface area contributed by atoms with Crippen LogP contribution in [0.25, 0.3) is 22.0 Å². The number of nitrogen functional groups attached to an aromatic ring is 1. The van der Waals surface area contributed by atoms with Gasteiger partial charge in [-0.1, -0.05) is 29.8 Å². The summed E-state index contributed by atoms with van der Waals surface area (Å²) in [5.41, 5.74) is 11.0. The number of H-pyrrole nitrogens is 1. The largest absolute Gasteiger partial charge is 0.382 e. The van der Waals surface area contributed by atoms with Crippen molar-refractivity contribution in [2.75, 3.05) is 11.1 Å². The van der Waals surface area contributed by atoms with Crippen LogP contribution in [0.15, 0.2) is 60.9 Å². The first-order valence-corrected chi connectivity index (χ1v) is 8.24. The van der Waals surface area contributed by atoms with Crippen LogP contribution in [0.4, 0.5) is 11.5 Å². The summed E-state index contributed by atoms with van der Waals surface area (Å²) in [7, 11) is 0. The Bertz CT molecular complexity index is 1020. The minimum Gasteiger partial charge on any atom is -0.382 e. The van der Waals surface area contributed by atoms with Crippen LogP contribution in [0, 0.1) is 0 Å². The lowest BCUT2D eigenvalue weighted by Crippen LogP contribution is -1.99. The number of hydrogen-bond acceptors (Lipinski definition) is 4. The Balaban J connectivity index is 1.57. The van der Waals surface area contributed by atoms with E-state index in [9.17, 15) is 0 Å². The third kappa shape index (κ3) is 3.27. The molecule has 2 aromatic heterocycles. The van der Waals surface area contributed by atoms with Crippen molar-refractivity contribution in [2.24, 2.45) is 0 Å². The van der Waals surface area contributed by atoms with Gasteiger partial charge in [0.1, 0.15) is 0 Å². The number of anilines is 2. The highest BCUT2D eigenvalue weighted by Gasteiger charge is 2.06. The first-order chi connectivity index (χ1) is 12.2. The van der Waals surface area contributed by atoms with Gasteiger partial charge in [0.05, 0.1) is 11.2 Å². The zero-order valence-electron chi connectivity index (χ0n) is 13.3. The average molecular weight is 350 g/mol. The minimum atomic E-state index is 0.502. The maximum Gasteiger partial charge on any atom is 0.153 e. The first-order valence-electron chi connectivity index (χ1n) is 7.86. The lowest BCUT2D eigenvalue weighted by atomic mass is 10.1. The van der Waals surface area contributed by atoms with Gasteiger partial charge in [0.25, 0.3) is 0 Å². The normalized spacial score (nSPS) is 10.9. The molecule has 4 rings (SSSR count). The van der Waals surface area contributed by atoms with Crippen molar-refractivity contribution in [1.82, 2.24) is 15.2 Å². The van der Waals surface area contributed by atoms with E-state index in [4.69, 9.17) is 17.3 Å². The van der Waals surface area contributed by atoms with E-state index in [0.29, 0.717) is 12.4 Å². The van der Waals surface area contributed by atoms with E-state index in [2.05, 4.69) is 26.6 Å². The second kappa shape index (κ2) is 6.45. The van der Waals surface area contributed by atoms with E-state index in [-0.39, 0.29) is 0 Å². The highest BCUT2D eigenvalue weighted by molar-refractivity contribution is 6.30. The number of rotatable bonds is 4. The van der Waals surface area contributed by atoms with Crippen LogP contribution in [-0.2, 0) is 6.54 Å². The molecule has 124 valence electrons. The first kappa shape index (κ1) is 15.5. The van der Waals surface area contributed by atoms with Crippen molar-refractivity contribution in [1.29, 1.82) is 0 Å². The predicted octanol–water partition coefficient (Wildman–Crippen LogP) is 4.47. The standard InChI is InChI=1S/C19H16ClN5/c20-15-4-1-12(2-5-15)9-23-16-7-14(10-22-11-16)13-3-6-18-17(8-13)19(21)25-24-18/h1-8,10-11,23H,9H2,(H3,21,24,25). The van der Waals surface area contributed by atoms with Crippen LogP contribution in [0.1, 0.15) is 5.56 Å². The Morgan fingerprint density at radius 1 is 1.00 bits per heavy atom. The molecule has 0 radical (unpaired) electrons. The quantitative estimate of drug-likeness (QED) is 0.507. The number of fused-ring (bicyclic) bond motifs is 1. The summed E-state index contributed by atoms with van der Waals surface area (Å²) in [6.07, 6.45) is 3.65. The molecule has 0 aliphatic rings. The van der Waals surface area contributed by atoms with Crippen molar-refractivity contribution < 1.29 is 0 Å². The number of aromatic nitrogens is 3. The van der Waals surface area contributed by atoms with Gasteiger partial charge in [-0.15, -0.1) is 0 Å². The van der Waals surface area contributed by atoms with E-state index < -0.39 is 0 Å². The Morgan fingerprint density at radius 2 is 1.84 bits per heavy atom. The fourth-order valence-electron chi connectivity index (χ4n) is 2.71. The molecule has 0 unspecified atom stereocenters. The Kier molecular flexibility index (Phi) is 3.99. The van der Waals surface area contributed by atoms with E-state index in [1.807, 2.05) is 54.9 Å². The van der Waals surface area contributed by atoms with Crippen LogP contribution >= 0.6 is 11.6 Å². The lowest BCUT2D eigenvalue weighted by Gasteiger charge is -2.09. The zero-order valence-corrected chi connectivity index (χ0v) is 14.1. The number of benzene rings is 2. The van der Waals surface area contributed by atoms with Gasteiger partial charge < -0.3 is 11.1 Å². The molecule has 4 N–H and O–H groups in total. The Morgan fingerprint density at radius 3 is 2.68 bits per heavy atom. The van der Waals surface area contributed by atoms with E-state index in [0.717, 1.165) is 38.3 Å². The van der Waals surface area contributed by atoms with Crippen molar-refractivity contribution in [3.63, 3.8) is 0 Å². The molecule has 6 heteroatoms. The minimum absolute atomic E-state index is 0.502. The molecular weight excluding hydrogens is 334 g/mol. The van der Waals surface area contributed by atoms with E-state index >= 15 is 0 Å². The second-order valence-electron chi connectivity index (χ2n) is 5.81. The van der Waals surface area contributed by atoms with Gasteiger partial charge in [0, 0.05) is 34.9 Å². The summed E-state index contributed by atoms with van der Waals surface area (Å²) >= 11 is 5.92. The van der Waals surface area contributed by atoms with Crippen molar-refractivity contribution in [2.45, 2.75) is 6.54 Å². The monoisotopic (exact) mass is 349 g/mol. The van der Waals surface area contributed by atoms with Gasteiger partial charge in [0.15, 0.2) is 5.82 Å². The lowest BCUT2D eigenvalue weighted by molar-refractivity contribution is 1.13. The molecule has 0 atom stereocenters. The smallest absolute Gasteiger partial charge is 0.153 e. The van der Waals surface area contributed by atoms with Crippen LogP contribution in [0.2, 0.25) is 5.02 Å². The van der Waals surface area contributed by atoms with Crippen LogP contribution in [-0.4, -0.2) is 15.2 Å². The fraction of sp³-hybridized carbons (Fsp3) is 0.0526. The third-order valence-electron chi connectivity index (χ3n) is 4.07. The highest BCUT2D eigenvalue weighted by Crippen LogP contribution is 2.27. The summed E-state index contributed by atoms with van der Waals surface area (Å²) in [5.74, 6) is 0.502. The molecule has 2 aromatic carbocycles. The maximum atomic E-state index is 5.92. The van der Waals surface area contributed by atoms with Gasteiger partial charge in [-0.25, -0.2) is 0 Å². The Hall–Kier alpha value is -3.05. The average Bonchev–Trinajstić information content (AvgIpc) is 3.02. The molecule has 0 fully saturated rings. The van der Waals surface area contributed by atoms with Gasteiger partial charge in [-0.3, -0.25) is 10.1 Å². The summed E-state index contributed by atoms with van der Waals surface area (Å²) in [6.45, 7) is 0.704. The van der Waals surface area contributed by atoms with Crippen LogP contribution < -0.4 is 11.1 Å². The summed E-state index contributed by atoms with van der Waals surface area (Å²) < 4.78 is 0. The maximum absolute atomic E-state index is 5.92. The number of nitrogens with one attached hydrogen (secondary N) is 2. The highest BCUT2D eigenvalue weighted by atomic mass is 35.5. The van der Waals surface area contributed by atoms with Crippen LogP contribution in [0.5, 0.6) is 0 Å². The SMILES string of the molecule is Nc1n[nH]c2ccc(-c3cncc(NCc4ccc(Cl)cc4)c3)cc12. The molecule has 0 spiro atoms. The molecule has 0 amide bonds. The van der Waals surface area contributed by atoms with Crippen molar-refractivity contribution in [3.8, 4) is 11.1 Å². The molecular formula is C19H16ClN5. The molecule has 0 aliphatic heterocycles. The molecule has 0 saturated carbocycles. The summed E-state index contributed by atoms with van der Waals surface area (Å²) in [4.78, 5) is 4.34. The molecule has 0 bridgehead atoms. The molecule has 0 saturated heterocycles. The number of halogens is 1. The van der Waals surface area contributed by atoms with Crippen LogP contribution in [0.3, 0.4) is 0 Å². The molecule has 5 nitrogen and oxygen atoms in total. The molecule has 2 heterocycles. The third-order valence-corrected chi connectivity index (χ3v) is 4.33. The summed E-state index contributed by atoms with van der Waals surface area (Å²) in [6, 6.07) is 15.9. The van der Waals surface area contributed by atoms with Gasteiger partial charge in [0.2, 0.25) is 0 Å². The molecule has 4 aromatic rings. The van der Waals surface area contributed by atoms with Gasteiger partial charge >= 0.3 is 0 Å². The molecule has 25 heavy (non-hydrogen) atoms. The van der Waals surface area contributed by atoms with Gasteiger partial charge in [-0.2, -0.15) is 5.10 Å². The topological polar surface area (TPSA) is 79.6 Å². The molecule has 0 aliphatic carbocycles. The fourth-order valence-corrected chi connectivity index (χ4v) is 2.84. The zero-order chi connectivity index (χ0) is 17.2. The van der Waals surface area contributed by atoms with E-state index in [1.54, 1.807) is 0 Å². The number of aromatic amines is 1. The van der Waals surface area contributed by atoms with Crippen molar-refractivity contribution in [3.05, 3.63) is 71.5 Å².